The van der Waals surface area contributed by atoms with Crippen LogP contribution in [0.15, 0.2) is 0 Å². The Bertz CT molecular complexity index is 191. The van der Waals surface area contributed by atoms with Crippen molar-refractivity contribution >= 4 is 0 Å². The summed E-state index contributed by atoms with van der Waals surface area (Å²) in [5.41, 5.74) is 0.574. The van der Waals surface area contributed by atoms with Crippen molar-refractivity contribution in [2.45, 2.75) is 65.8 Å². The third-order valence-corrected chi connectivity index (χ3v) is 4.10. The molecule has 0 aromatic heterocycles. The van der Waals surface area contributed by atoms with Gasteiger partial charge in [-0.1, -0.05) is 34.1 Å². The van der Waals surface area contributed by atoms with Gasteiger partial charge in [0, 0.05) is 12.6 Å². The molecule has 2 nitrogen and oxygen atoms in total. The zero-order valence-corrected chi connectivity index (χ0v) is 12.4. The molecule has 102 valence electrons. The van der Waals surface area contributed by atoms with Crippen molar-refractivity contribution < 1.29 is 0 Å². The fourth-order valence-electron chi connectivity index (χ4n) is 2.69. The van der Waals surface area contributed by atoms with Crippen molar-refractivity contribution in [3.8, 4) is 0 Å². The maximum Gasteiger partial charge on any atom is 0.0220 e. The number of piperidine rings is 1. The maximum atomic E-state index is 3.60. The summed E-state index contributed by atoms with van der Waals surface area (Å²) >= 11 is 0. The summed E-state index contributed by atoms with van der Waals surface area (Å²) < 4.78 is 0. The van der Waals surface area contributed by atoms with Gasteiger partial charge in [-0.25, -0.2) is 0 Å². The highest BCUT2D eigenvalue weighted by molar-refractivity contribution is 4.83. The van der Waals surface area contributed by atoms with Gasteiger partial charge in [0.1, 0.15) is 0 Å². The summed E-state index contributed by atoms with van der Waals surface area (Å²) in [5, 5.41) is 3.60. The lowest BCUT2D eigenvalue weighted by Crippen LogP contribution is -2.47. The fraction of sp³-hybridized carbons (Fsp3) is 1.00. The zero-order valence-electron chi connectivity index (χ0n) is 12.4. The average Bonchev–Trinajstić information content (AvgIpc) is 2.28. The number of likely N-dealkylation sites (tertiary alicyclic amines) is 1. The minimum atomic E-state index is 0.574. The molecule has 0 bridgehead atoms. The Morgan fingerprint density at radius 2 is 1.76 bits per heavy atom. The van der Waals surface area contributed by atoms with Gasteiger partial charge in [0.05, 0.1) is 0 Å². The Hall–Kier alpha value is -0.0800. The highest BCUT2D eigenvalue weighted by atomic mass is 15.2. The molecule has 0 amide bonds. The van der Waals surface area contributed by atoms with Gasteiger partial charge in [-0.3, -0.25) is 4.90 Å². The predicted molar refractivity (Wildman–Crippen MR) is 76.4 cm³/mol. The Morgan fingerprint density at radius 1 is 1.12 bits per heavy atom. The molecule has 0 spiro atoms. The standard InChI is InChI=1S/C15H32N2/c1-5-7-14(13-16-10-6-2)17-11-8-15(3,4)9-12-17/h14,16H,5-13H2,1-4H3. The summed E-state index contributed by atoms with van der Waals surface area (Å²) in [6.45, 7) is 14.3. The Morgan fingerprint density at radius 3 is 2.29 bits per heavy atom. The second-order valence-corrected chi connectivity index (χ2v) is 6.35. The van der Waals surface area contributed by atoms with Crippen LogP contribution in [-0.2, 0) is 0 Å². The molecule has 1 atom stereocenters. The van der Waals surface area contributed by atoms with Crippen LogP contribution in [0, 0.1) is 5.41 Å². The van der Waals surface area contributed by atoms with Crippen LogP contribution >= 0.6 is 0 Å². The summed E-state index contributed by atoms with van der Waals surface area (Å²) in [5.74, 6) is 0. The van der Waals surface area contributed by atoms with Crippen LogP contribution in [0.2, 0.25) is 0 Å². The van der Waals surface area contributed by atoms with Crippen LogP contribution < -0.4 is 5.32 Å². The normalized spacial score (nSPS) is 22.6. The van der Waals surface area contributed by atoms with Gasteiger partial charge < -0.3 is 5.32 Å². The van der Waals surface area contributed by atoms with Gasteiger partial charge in [0.15, 0.2) is 0 Å². The quantitative estimate of drug-likeness (QED) is 0.687. The SMILES string of the molecule is CCCNCC(CCC)N1CCC(C)(C)CC1. The van der Waals surface area contributed by atoms with E-state index < -0.39 is 0 Å². The number of hydrogen-bond donors (Lipinski definition) is 1. The van der Waals surface area contributed by atoms with Crippen LogP contribution in [0.3, 0.4) is 0 Å². The molecular weight excluding hydrogens is 208 g/mol. The van der Waals surface area contributed by atoms with Gasteiger partial charge in [-0.05, 0) is 50.7 Å². The number of nitrogens with zero attached hydrogens (tertiary/aromatic N) is 1. The molecular formula is C15H32N2. The third-order valence-electron chi connectivity index (χ3n) is 4.10. The lowest BCUT2D eigenvalue weighted by molar-refractivity contribution is 0.0887. The van der Waals surface area contributed by atoms with E-state index in [1.54, 1.807) is 0 Å². The predicted octanol–water partition coefficient (Wildman–Crippen LogP) is 3.28. The van der Waals surface area contributed by atoms with Crippen LogP contribution in [0.4, 0.5) is 0 Å². The first-order valence-electron chi connectivity index (χ1n) is 7.54. The van der Waals surface area contributed by atoms with E-state index in [9.17, 15) is 0 Å². The summed E-state index contributed by atoms with van der Waals surface area (Å²) in [7, 11) is 0. The Labute approximate surface area is 108 Å². The molecule has 1 heterocycles. The topological polar surface area (TPSA) is 15.3 Å². The molecule has 1 unspecified atom stereocenters. The number of rotatable bonds is 7. The molecule has 1 N–H and O–H groups in total. The summed E-state index contributed by atoms with van der Waals surface area (Å²) in [6, 6.07) is 0.766. The highest BCUT2D eigenvalue weighted by Crippen LogP contribution is 2.30. The second-order valence-electron chi connectivity index (χ2n) is 6.35. The molecule has 1 rings (SSSR count). The van der Waals surface area contributed by atoms with Crippen molar-refractivity contribution in [1.82, 2.24) is 10.2 Å². The van der Waals surface area contributed by atoms with E-state index >= 15 is 0 Å². The molecule has 1 fully saturated rings. The van der Waals surface area contributed by atoms with E-state index in [4.69, 9.17) is 0 Å². The number of hydrogen-bond acceptors (Lipinski definition) is 2. The van der Waals surface area contributed by atoms with E-state index in [2.05, 4.69) is 37.9 Å². The Balaban J connectivity index is 2.36. The molecule has 0 aliphatic carbocycles. The van der Waals surface area contributed by atoms with Crippen molar-refractivity contribution in [2.24, 2.45) is 5.41 Å². The zero-order chi connectivity index (χ0) is 12.7. The van der Waals surface area contributed by atoms with Crippen LogP contribution in [0.25, 0.3) is 0 Å². The van der Waals surface area contributed by atoms with E-state index in [-0.39, 0.29) is 0 Å². The van der Waals surface area contributed by atoms with Gasteiger partial charge in [-0.15, -0.1) is 0 Å². The van der Waals surface area contributed by atoms with E-state index in [1.165, 1.54) is 58.3 Å². The molecule has 1 aliphatic heterocycles. The lowest BCUT2D eigenvalue weighted by Gasteiger charge is -2.41. The largest absolute Gasteiger partial charge is 0.315 e. The van der Waals surface area contributed by atoms with Gasteiger partial charge in [-0.2, -0.15) is 0 Å². The third kappa shape index (κ3) is 5.39. The van der Waals surface area contributed by atoms with Gasteiger partial charge in [0.25, 0.3) is 0 Å². The average molecular weight is 240 g/mol. The molecule has 0 saturated carbocycles. The lowest BCUT2D eigenvalue weighted by atomic mass is 9.82. The van der Waals surface area contributed by atoms with Crippen molar-refractivity contribution in [3.05, 3.63) is 0 Å². The first-order valence-corrected chi connectivity index (χ1v) is 7.54. The fourth-order valence-corrected chi connectivity index (χ4v) is 2.69. The first kappa shape index (κ1) is 15.0. The highest BCUT2D eigenvalue weighted by Gasteiger charge is 2.28. The van der Waals surface area contributed by atoms with Crippen molar-refractivity contribution in [3.63, 3.8) is 0 Å². The summed E-state index contributed by atoms with van der Waals surface area (Å²) in [6.07, 6.45) is 6.61. The second kappa shape index (κ2) is 7.38. The minimum Gasteiger partial charge on any atom is -0.315 e. The smallest absolute Gasteiger partial charge is 0.0220 e. The molecule has 1 aliphatic rings. The molecule has 1 saturated heterocycles. The molecule has 0 radical (unpaired) electrons. The van der Waals surface area contributed by atoms with Crippen LogP contribution in [0.1, 0.15) is 59.8 Å². The molecule has 0 aromatic rings. The van der Waals surface area contributed by atoms with Gasteiger partial charge in [0.2, 0.25) is 0 Å². The minimum absolute atomic E-state index is 0.574. The summed E-state index contributed by atoms with van der Waals surface area (Å²) in [4.78, 5) is 2.72. The van der Waals surface area contributed by atoms with Crippen molar-refractivity contribution in [2.75, 3.05) is 26.2 Å². The van der Waals surface area contributed by atoms with E-state index in [1.807, 2.05) is 0 Å². The number of nitrogens with one attached hydrogen (secondary N) is 1. The van der Waals surface area contributed by atoms with Crippen LogP contribution in [-0.4, -0.2) is 37.1 Å². The van der Waals surface area contributed by atoms with Crippen LogP contribution in [0.5, 0.6) is 0 Å². The monoisotopic (exact) mass is 240 g/mol. The molecule has 0 aromatic carbocycles. The molecule has 2 heteroatoms. The van der Waals surface area contributed by atoms with Gasteiger partial charge >= 0.3 is 0 Å². The molecule has 17 heavy (non-hydrogen) atoms. The van der Waals surface area contributed by atoms with E-state index in [0.29, 0.717) is 5.41 Å². The van der Waals surface area contributed by atoms with Crippen molar-refractivity contribution in [1.29, 1.82) is 0 Å². The maximum absolute atomic E-state index is 3.60. The first-order chi connectivity index (χ1) is 8.09. The Kier molecular flexibility index (Phi) is 6.50. The van der Waals surface area contributed by atoms with E-state index in [0.717, 1.165) is 6.04 Å².